The molecule has 0 atom stereocenters. The Morgan fingerprint density at radius 3 is 3.00 bits per heavy atom. The van der Waals surface area contributed by atoms with Crippen LogP contribution in [0.4, 0.5) is 5.69 Å². The molecule has 1 rings (SSSR count). The zero-order chi connectivity index (χ0) is 10.4. The van der Waals surface area contributed by atoms with Crippen molar-refractivity contribution >= 4 is 5.69 Å². The third kappa shape index (κ3) is 2.97. The summed E-state index contributed by atoms with van der Waals surface area (Å²) in [5.41, 5.74) is 8.67. The number of hydrogen-bond acceptors (Lipinski definition) is 4. The van der Waals surface area contributed by atoms with E-state index >= 15 is 0 Å². The second-order valence-corrected chi connectivity index (χ2v) is 3.11. The minimum absolute atomic E-state index is 0.503. The summed E-state index contributed by atoms with van der Waals surface area (Å²) in [7, 11) is 1.68. The molecule has 0 aliphatic carbocycles. The summed E-state index contributed by atoms with van der Waals surface area (Å²) in [6, 6.07) is 2.00. The Kier molecular flexibility index (Phi) is 4.35. The summed E-state index contributed by atoms with van der Waals surface area (Å²) < 4.78 is 4.96. The molecule has 0 saturated heterocycles. The van der Waals surface area contributed by atoms with Gasteiger partial charge in [0.05, 0.1) is 6.61 Å². The molecular weight excluding hydrogens is 178 g/mol. The summed E-state index contributed by atoms with van der Waals surface area (Å²) >= 11 is 0. The average molecular weight is 195 g/mol. The minimum atomic E-state index is 0.503. The van der Waals surface area contributed by atoms with Gasteiger partial charge >= 0.3 is 0 Å². The topological polar surface area (TPSA) is 60.2 Å². The van der Waals surface area contributed by atoms with E-state index in [1.54, 1.807) is 7.11 Å². The predicted octanol–water partition coefficient (Wildman–Crippen LogP) is 0.907. The van der Waals surface area contributed by atoms with Gasteiger partial charge in [-0.05, 0) is 13.0 Å². The van der Waals surface area contributed by atoms with Gasteiger partial charge in [0.15, 0.2) is 0 Å². The van der Waals surface area contributed by atoms with Crippen LogP contribution in [0, 0.1) is 6.92 Å². The Bertz CT molecular complexity index is 289. The van der Waals surface area contributed by atoms with E-state index in [-0.39, 0.29) is 0 Å². The molecule has 0 spiro atoms. The zero-order valence-electron chi connectivity index (χ0n) is 8.71. The van der Waals surface area contributed by atoms with E-state index in [9.17, 15) is 0 Å². The van der Waals surface area contributed by atoms with E-state index in [1.165, 1.54) is 0 Å². The molecule has 0 radical (unpaired) electrons. The quantitative estimate of drug-likeness (QED) is 0.685. The summed E-state index contributed by atoms with van der Waals surface area (Å²) in [5, 5.41) is 3.26. The van der Waals surface area contributed by atoms with Gasteiger partial charge in [0, 0.05) is 43.3 Å². The largest absolute Gasteiger partial charge is 0.383 e. The number of nitrogens with zero attached hydrogens (tertiary/aromatic N) is 1. The molecule has 0 aromatic carbocycles. The van der Waals surface area contributed by atoms with Gasteiger partial charge in [-0.15, -0.1) is 0 Å². The van der Waals surface area contributed by atoms with E-state index in [2.05, 4.69) is 10.3 Å². The van der Waals surface area contributed by atoms with Crippen LogP contribution in [0.3, 0.4) is 0 Å². The summed E-state index contributed by atoms with van der Waals surface area (Å²) in [5.74, 6) is 0. The number of aryl methyl sites for hydroxylation is 1. The number of nitrogens with two attached hydrogens (primary N) is 1. The Morgan fingerprint density at radius 2 is 2.36 bits per heavy atom. The SMILES string of the molecule is COCCNc1cc(C)ncc1CN. The van der Waals surface area contributed by atoms with Gasteiger partial charge in [0.25, 0.3) is 0 Å². The third-order valence-electron chi connectivity index (χ3n) is 1.96. The standard InChI is InChI=1S/C10H17N3O/c1-8-5-10(12-3-4-14-2)9(6-11)7-13-8/h5,7H,3-4,6,11H2,1-2H3,(H,12,13). The molecule has 0 bridgehead atoms. The van der Waals surface area contributed by atoms with Crippen LogP contribution in [0.25, 0.3) is 0 Å². The van der Waals surface area contributed by atoms with Crippen LogP contribution in [-0.4, -0.2) is 25.2 Å². The molecule has 14 heavy (non-hydrogen) atoms. The van der Waals surface area contributed by atoms with Crippen molar-refractivity contribution in [1.82, 2.24) is 4.98 Å². The highest BCUT2D eigenvalue weighted by molar-refractivity contribution is 5.50. The lowest BCUT2D eigenvalue weighted by molar-refractivity contribution is 0.211. The van der Waals surface area contributed by atoms with Crippen molar-refractivity contribution in [3.05, 3.63) is 23.5 Å². The summed E-state index contributed by atoms with van der Waals surface area (Å²) in [4.78, 5) is 4.19. The number of hydrogen-bond donors (Lipinski definition) is 2. The second-order valence-electron chi connectivity index (χ2n) is 3.11. The van der Waals surface area contributed by atoms with Gasteiger partial charge in [-0.1, -0.05) is 0 Å². The van der Waals surface area contributed by atoms with Crippen LogP contribution in [0.15, 0.2) is 12.3 Å². The van der Waals surface area contributed by atoms with Crippen molar-refractivity contribution in [3.63, 3.8) is 0 Å². The summed E-state index contributed by atoms with van der Waals surface area (Å²) in [6.45, 7) is 3.93. The second kappa shape index (κ2) is 5.57. The molecule has 1 heterocycles. The smallest absolute Gasteiger partial charge is 0.0635 e. The first-order chi connectivity index (χ1) is 6.77. The molecule has 4 heteroatoms. The Balaban J connectivity index is 2.67. The molecule has 0 unspecified atom stereocenters. The van der Waals surface area contributed by atoms with Crippen LogP contribution in [0.5, 0.6) is 0 Å². The summed E-state index contributed by atoms with van der Waals surface area (Å²) in [6.07, 6.45) is 1.81. The van der Waals surface area contributed by atoms with Crippen LogP contribution in [0.2, 0.25) is 0 Å². The zero-order valence-corrected chi connectivity index (χ0v) is 8.71. The van der Waals surface area contributed by atoms with Gasteiger partial charge in [0.1, 0.15) is 0 Å². The highest BCUT2D eigenvalue weighted by atomic mass is 16.5. The van der Waals surface area contributed by atoms with Crippen LogP contribution < -0.4 is 11.1 Å². The van der Waals surface area contributed by atoms with E-state index in [0.29, 0.717) is 13.2 Å². The first-order valence-corrected chi connectivity index (χ1v) is 4.66. The fourth-order valence-corrected chi connectivity index (χ4v) is 1.20. The first-order valence-electron chi connectivity index (χ1n) is 4.66. The molecule has 1 aromatic rings. The van der Waals surface area contributed by atoms with Gasteiger partial charge < -0.3 is 15.8 Å². The van der Waals surface area contributed by atoms with E-state index in [4.69, 9.17) is 10.5 Å². The van der Waals surface area contributed by atoms with Crippen molar-refractivity contribution in [2.75, 3.05) is 25.6 Å². The number of methoxy groups -OCH3 is 1. The molecule has 1 aromatic heterocycles. The maximum atomic E-state index is 5.59. The first kappa shape index (κ1) is 10.9. The monoisotopic (exact) mass is 195 g/mol. The number of nitrogens with one attached hydrogen (secondary N) is 1. The van der Waals surface area contributed by atoms with Crippen molar-refractivity contribution < 1.29 is 4.74 Å². The maximum absolute atomic E-state index is 5.59. The highest BCUT2D eigenvalue weighted by Gasteiger charge is 2.00. The molecule has 4 nitrogen and oxygen atoms in total. The van der Waals surface area contributed by atoms with Gasteiger partial charge in [-0.3, -0.25) is 4.98 Å². The van der Waals surface area contributed by atoms with E-state index in [0.717, 1.165) is 23.5 Å². The fraction of sp³-hybridized carbons (Fsp3) is 0.500. The van der Waals surface area contributed by atoms with Gasteiger partial charge in [0.2, 0.25) is 0 Å². The maximum Gasteiger partial charge on any atom is 0.0635 e. The van der Waals surface area contributed by atoms with Gasteiger partial charge in [-0.25, -0.2) is 0 Å². The van der Waals surface area contributed by atoms with E-state index < -0.39 is 0 Å². The van der Waals surface area contributed by atoms with Crippen LogP contribution in [0.1, 0.15) is 11.3 Å². The van der Waals surface area contributed by atoms with Crippen molar-refractivity contribution in [2.24, 2.45) is 5.73 Å². The highest BCUT2D eigenvalue weighted by Crippen LogP contribution is 2.14. The lowest BCUT2D eigenvalue weighted by Gasteiger charge is -2.10. The molecular formula is C10H17N3O. The van der Waals surface area contributed by atoms with Gasteiger partial charge in [-0.2, -0.15) is 0 Å². The normalized spacial score (nSPS) is 10.2. The number of rotatable bonds is 5. The lowest BCUT2D eigenvalue weighted by Crippen LogP contribution is -2.11. The van der Waals surface area contributed by atoms with Crippen molar-refractivity contribution in [2.45, 2.75) is 13.5 Å². The molecule has 0 fully saturated rings. The molecule has 3 N–H and O–H groups in total. The lowest BCUT2D eigenvalue weighted by atomic mass is 10.2. The number of ether oxygens (including phenoxy) is 1. The molecule has 0 amide bonds. The Morgan fingerprint density at radius 1 is 1.57 bits per heavy atom. The predicted molar refractivity (Wildman–Crippen MR) is 57.2 cm³/mol. The van der Waals surface area contributed by atoms with Crippen molar-refractivity contribution in [1.29, 1.82) is 0 Å². The fourth-order valence-electron chi connectivity index (χ4n) is 1.20. The number of pyridine rings is 1. The third-order valence-corrected chi connectivity index (χ3v) is 1.96. The van der Waals surface area contributed by atoms with E-state index in [1.807, 2.05) is 19.2 Å². The molecule has 0 saturated carbocycles. The van der Waals surface area contributed by atoms with Crippen molar-refractivity contribution in [3.8, 4) is 0 Å². The number of aromatic nitrogens is 1. The Labute approximate surface area is 84.5 Å². The number of anilines is 1. The van der Waals surface area contributed by atoms with Crippen LogP contribution in [-0.2, 0) is 11.3 Å². The molecule has 0 aliphatic rings. The Hall–Kier alpha value is -1.13. The van der Waals surface area contributed by atoms with Crippen LogP contribution >= 0.6 is 0 Å². The molecule has 78 valence electrons. The average Bonchev–Trinajstić information content (AvgIpc) is 2.19. The molecule has 0 aliphatic heterocycles. The minimum Gasteiger partial charge on any atom is -0.383 e.